The highest BCUT2D eigenvalue weighted by Gasteiger charge is 2.45. The topological polar surface area (TPSA) is 85.3 Å². The van der Waals surface area contributed by atoms with Crippen LogP contribution in [-0.2, 0) is 9.59 Å². The van der Waals surface area contributed by atoms with Gasteiger partial charge in [-0.15, -0.1) is 0 Å². The first-order valence-electron chi connectivity index (χ1n) is 10.3. The number of amides is 1. The number of Topliss-reactive ketones (excluding diaryl/α,β-unsaturated/α-hetero) is 1. The molecule has 1 atom stereocenters. The molecule has 0 bridgehead atoms. The summed E-state index contributed by atoms with van der Waals surface area (Å²) in [7, 11) is 3.06. The van der Waals surface area contributed by atoms with Crippen LogP contribution in [0.2, 0.25) is 0 Å². The lowest BCUT2D eigenvalue weighted by Crippen LogP contribution is -2.30. The zero-order valence-electron chi connectivity index (χ0n) is 18.5. The lowest BCUT2D eigenvalue weighted by Gasteiger charge is -2.25. The predicted molar refractivity (Wildman–Crippen MR) is 124 cm³/mol. The molecule has 0 radical (unpaired) electrons. The third kappa shape index (κ3) is 4.32. The van der Waals surface area contributed by atoms with E-state index < -0.39 is 17.7 Å². The van der Waals surface area contributed by atoms with Gasteiger partial charge in [-0.3, -0.25) is 9.59 Å². The Morgan fingerprint density at radius 3 is 2.31 bits per heavy atom. The molecule has 1 unspecified atom stereocenters. The van der Waals surface area contributed by atoms with Crippen molar-refractivity contribution in [1.29, 1.82) is 0 Å². The Morgan fingerprint density at radius 1 is 1.03 bits per heavy atom. The molecule has 1 amide bonds. The number of hydrogen-bond acceptors (Lipinski definition) is 6. The zero-order chi connectivity index (χ0) is 23.4. The molecular formula is C24H26BrNO6. The van der Waals surface area contributed by atoms with Crippen LogP contribution in [0.4, 0.5) is 0 Å². The maximum atomic E-state index is 13.0. The minimum Gasteiger partial charge on any atom is -0.507 e. The van der Waals surface area contributed by atoms with Gasteiger partial charge in [0.05, 0.1) is 36.9 Å². The Morgan fingerprint density at radius 2 is 1.72 bits per heavy atom. The molecule has 32 heavy (non-hydrogen) atoms. The summed E-state index contributed by atoms with van der Waals surface area (Å²) in [6.45, 7) is 4.64. The molecule has 1 aliphatic rings. The second-order valence-electron chi connectivity index (χ2n) is 7.19. The Hall–Kier alpha value is -3.00. The molecule has 1 fully saturated rings. The first kappa shape index (κ1) is 23.7. The number of aliphatic hydroxyl groups is 1. The molecule has 0 aliphatic carbocycles. The molecule has 2 aromatic carbocycles. The number of nitrogens with zero attached hydrogens (tertiary/aromatic N) is 1. The van der Waals surface area contributed by atoms with Crippen LogP contribution >= 0.6 is 15.9 Å². The van der Waals surface area contributed by atoms with Crippen molar-refractivity contribution in [3.05, 3.63) is 57.6 Å². The van der Waals surface area contributed by atoms with Crippen molar-refractivity contribution in [2.75, 3.05) is 27.4 Å². The van der Waals surface area contributed by atoms with Crippen LogP contribution in [0.1, 0.15) is 37.4 Å². The van der Waals surface area contributed by atoms with E-state index in [4.69, 9.17) is 14.2 Å². The molecule has 1 N–H and O–H groups in total. The third-order valence-corrected chi connectivity index (χ3v) is 5.85. The molecule has 0 saturated carbocycles. The van der Waals surface area contributed by atoms with E-state index in [1.165, 1.54) is 19.1 Å². The van der Waals surface area contributed by atoms with Gasteiger partial charge in [0.1, 0.15) is 11.5 Å². The van der Waals surface area contributed by atoms with Gasteiger partial charge in [-0.25, -0.2) is 0 Å². The van der Waals surface area contributed by atoms with Crippen LogP contribution in [0, 0.1) is 0 Å². The molecule has 1 saturated heterocycles. The van der Waals surface area contributed by atoms with Gasteiger partial charge in [0.2, 0.25) is 0 Å². The first-order chi connectivity index (χ1) is 15.4. The molecular weight excluding hydrogens is 478 g/mol. The molecule has 1 aliphatic heterocycles. The lowest BCUT2D eigenvalue weighted by atomic mass is 9.95. The van der Waals surface area contributed by atoms with E-state index in [-0.39, 0.29) is 11.3 Å². The average molecular weight is 504 g/mol. The molecule has 7 nitrogen and oxygen atoms in total. The van der Waals surface area contributed by atoms with Crippen molar-refractivity contribution in [3.8, 4) is 17.2 Å². The van der Waals surface area contributed by atoms with Crippen LogP contribution < -0.4 is 14.2 Å². The second kappa shape index (κ2) is 10.1. The summed E-state index contributed by atoms with van der Waals surface area (Å²) >= 11 is 3.40. The summed E-state index contributed by atoms with van der Waals surface area (Å²) in [5.41, 5.74) is 1.08. The highest BCUT2D eigenvalue weighted by atomic mass is 79.9. The van der Waals surface area contributed by atoms with Crippen molar-refractivity contribution < 1.29 is 28.9 Å². The summed E-state index contributed by atoms with van der Waals surface area (Å²) < 4.78 is 16.9. The van der Waals surface area contributed by atoms with Gasteiger partial charge in [0, 0.05) is 12.1 Å². The van der Waals surface area contributed by atoms with Crippen molar-refractivity contribution >= 4 is 33.4 Å². The Balaban J connectivity index is 2.19. The van der Waals surface area contributed by atoms with Gasteiger partial charge >= 0.3 is 0 Å². The highest BCUT2D eigenvalue weighted by molar-refractivity contribution is 9.10. The summed E-state index contributed by atoms with van der Waals surface area (Å²) in [5.74, 6) is 0.0208. The van der Waals surface area contributed by atoms with Gasteiger partial charge < -0.3 is 24.2 Å². The normalized spacial score (nSPS) is 17.5. The van der Waals surface area contributed by atoms with Crippen molar-refractivity contribution in [2.45, 2.75) is 26.3 Å². The largest absolute Gasteiger partial charge is 0.507 e. The number of halogens is 1. The van der Waals surface area contributed by atoms with E-state index in [2.05, 4.69) is 15.9 Å². The SMILES string of the molecule is CCCN1C(=O)C(=O)/C(=C(\O)c2ccc(OC)c(Br)c2)C1c1ccc(OCC)c(OC)c1. The second-order valence-corrected chi connectivity index (χ2v) is 8.04. The number of aliphatic hydroxyl groups excluding tert-OH is 1. The summed E-state index contributed by atoms with van der Waals surface area (Å²) in [6, 6.07) is 9.48. The zero-order valence-corrected chi connectivity index (χ0v) is 20.1. The molecule has 2 aromatic rings. The number of hydrogen-bond donors (Lipinski definition) is 1. The van der Waals surface area contributed by atoms with Crippen LogP contribution in [0.25, 0.3) is 5.76 Å². The van der Waals surface area contributed by atoms with Crippen LogP contribution in [0.3, 0.4) is 0 Å². The number of benzene rings is 2. The standard InChI is InChI=1S/C24H26BrNO6/c1-5-11-26-21(14-7-10-18(32-6-2)19(13-14)31-4)20(23(28)24(26)29)22(27)15-8-9-17(30-3)16(25)12-15/h7-10,12-13,21,27H,5-6,11H2,1-4H3/b22-20-. The fraction of sp³-hybridized carbons (Fsp3) is 0.333. The Kier molecular flexibility index (Phi) is 7.45. The summed E-state index contributed by atoms with van der Waals surface area (Å²) in [4.78, 5) is 27.4. The highest BCUT2D eigenvalue weighted by Crippen LogP contribution is 2.42. The van der Waals surface area contributed by atoms with Gasteiger partial charge in [0.15, 0.2) is 11.5 Å². The van der Waals surface area contributed by atoms with E-state index in [9.17, 15) is 14.7 Å². The Labute approximate surface area is 195 Å². The summed E-state index contributed by atoms with van der Waals surface area (Å²) in [5, 5.41) is 11.1. The van der Waals surface area contributed by atoms with Crippen molar-refractivity contribution in [1.82, 2.24) is 4.90 Å². The molecule has 0 spiro atoms. The first-order valence-corrected chi connectivity index (χ1v) is 11.1. The van der Waals surface area contributed by atoms with Gasteiger partial charge in [0.25, 0.3) is 11.7 Å². The lowest BCUT2D eigenvalue weighted by molar-refractivity contribution is -0.139. The fourth-order valence-corrected chi connectivity index (χ4v) is 4.34. The third-order valence-electron chi connectivity index (χ3n) is 5.23. The predicted octanol–water partition coefficient (Wildman–Crippen LogP) is 4.70. The number of ether oxygens (including phenoxy) is 3. The molecule has 0 aromatic heterocycles. The number of rotatable bonds is 8. The van der Waals surface area contributed by atoms with E-state index in [1.54, 1.807) is 36.4 Å². The van der Waals surface area contributed by atoms with Crippen LogP contribution in [0.5, 0.6) is 17.2 Å². The number of carbonyl (C=O) groups is 2. The maximum absolute atomic E-state index is 13.0. The minimum atomic E-state index is -0.750. The van der Waals surface area contributed by atoms with Crippen LogP contribution in [-0.4, -0.2) is 49.1 Å². The maximum Gasteiger partial charge on any atom is 0.295 e. The number of ketones is 1. The van der Waals surface area contributed by atoms with E-state index >= 15 is 0 Å². The number of methoxy groups -OCH3 is 2. The molecule has 170 valence electrons. The molecule has 8 heteroatoms. The molecule has 1 heterocycles. The minimum absolute atomic E-state index is 0.0340. The summed E-state index contributed by atoms with van der Waals surface area (Å²) in [6.07, 6.45) is 0.659. The fourth-order valence-electron chi connectivity index (χ4n) is 3.80. The van der Waals surface area contributed by atoms with Gasteiger partial charge in [-0.1, -0.05) is 13.0 Å². The van der Waals surface area contributed by atoms with Crippen molar-refractivity contribution in [2.24, 2.45) is 0 Å². The number of carbonyl (C=O) groups excluding carboxylic acids is 2. The van der Waals surface area contributed by atoms with E-state index in [0.717, 1.165) is 0 Å². The van der Waals surface area contributed by atoms with Crippen molar-refractivity contribution in [3.63, 3.8) is 0 Å². The smallest absolute Gasteiger partial charge is 0.295 e. The van der Waals surface area contributed by atoms with Gasteiger partial charge in [-0.05, 0) is 65.2 Å². The monoisotopic (exact) mass is 503 g/mol. The average Bonchev–Trinajstić information content (AvgIpc) is 3.04. The Bertz CT molecular complexity index is 1060. The number of likely N-dealkylation sites (tertiary alicyclic amines) is 1. The molecule has 3 rings (SSSR count). The van der Waals surface area contributed by atoms with Crippen LogP contribution in [0.15, 0.2) is 46.4 Å². The quantitative estimate of drug-likeness (QED) is 0.319. The van der Waals surface area contributed by atoms with Gasteiger partial charge in [-0.2, -0.15) is 0 Å². The van der Waals surface area contributed by atoms with E-state index in [0.29, 0.717) is 52.4 Å². The van der Waals surface area contributed by atoms with E-state index in [1.807, 2.05) is 13.8 Å².